The molecule has 1 saturated carbocycles. The topological polar surface area (TPSA) is 105 Å². The molecule has 2 N–H and O–H groups in total. The van der Waals surface area contributed by atoms with E-state index in [1.54, 1.807) is 35.4 Å². The maximum atomic E-state index is 15.1. The van der Waals surface area contributed by atoms with E-state index in [2.05, 4.69) is 30.0 Å². The van der Waals surface area contributed by atoms with Gasteiger partial charge in [0, 0.05) is 17.8 Å². The van der Waals surface area contributed by atoms with Crippen LogP contribution in [0.5, 0.6) is 0 Å². The Balaban J connectivity index is 1.30. The highest BCUT2D eigenvalue weighted by Crippen LogP contribution is 2.39. The summed E-state index contributed by atoms with van der Waals surface area (Å²) in [5.74, 6) is -0.0254. The Bertz CT molecular complexity index is 1700. The lowest BCUT2D eigenvalue weighted by atomic mass is 9.88. The number of amides is 1. The van der Waals surface area contributed by atoms with Crippen molar-refractivity contribution in [1.29, 1.82) is 0 Å². The van der Waals surface area contributed by atoms with Gasteiger partial charge in [-0.15, -0.1) is 0 Å². The van der Waals surface area contributed by atoms with Gasteiger partial charge in [-0.3, -0.25) is 14.9 Å². The average molecular weight is 527 g/mol. The van der Waals surface area contributed by atoms with Crippen LogP contribution >= 0.6 is 0 Å². The lowest BCUT2D eigenvalue weighted by molar-refractivity contribution is 0.0612. The van der Waals surface area contributed by atoms with E-state index in [9.17, 15) is 9.18 Å². The molecule has 2 aliphatic rings. The highest BCUT2D eigenvalue weighted by atomic mass is 19.1. The first-order chi connectivity index (χ1) is 19.1. The average Bonchev–Trinajstić information content (AvgIpc) is 3.62. The zero-order chi connectivity index (χ0) is 26.5. The zero-order valence-electron chi connectivity index (χ0n) is 20.8. The number of halogens is 2. The van der Waals surface area contributed by atoms with Gasteiger partial charge in [0.05, 0.1) is 29.5 Å². The molecule has 2 aromatic carbocycles. The van der Waals surface area contributed by atoms with Crippen molar-refractivity contribution in [3.8, 4) is 22.9 Å². The number of aromatic amines is 1. The van der Waals surface area contributed by atoms with Gasteiger partial charge in [0.2, 0.25) is 0 Å². The van der Waals surface area contributed by atoms with Crippen LogP contribution in [-0.4, -0.2) is 53.2 Å². The Kier molecular flexibility index (Phi) is 5.57. The SMILES string of the molecule is O=C1c2cc(F)ccc2NCN1[C@H]1CCC[C@@H](n2c(-c3ccccc3F)nc3cnc(-c4nc[nH]n4)cc32)C1. The first-order valence-electron chi connectivity index (χ1n) is 12.9. The highest BCUT2D eigenvalue weighted by molar-refractivity contribution is 6.01. The van der Waals surface area contributed by atoms with Crippen LogP contribution < -0.4 is 5.32 Å². The lowest BCUT2D eigenvalue weighted by Gasteiger charge is -2.41. The number of nitrogens with zero attached hydrogens (tertiary/aromatic N) is 6. The molecule has 0 bridgehead atoms. The first kappa shape index (κ1) is 23.4. The van der Waals surface area contributed by atoms with Crippen LogP contribution in [0.3, 0.4) is 0 Å². The van der Waals surface area contributed by atoms with E-state index < -0.39 is 5.82 Å². The number of aromatic nitrogens is 6. The molecule has 7 rings (SSSR count). The monoisotopic (exact) mass is 526 g/mol. The van der Waals surface area contributed by atoms with Gasteiger partial charge in [0.25, 0.3) is 5.91 Å². The smallest absolute Gasteiger partial charge is 0.257 e. The Morgan fingerprint density at radius 1 is 0.974 bits per heavy atom. The number of hydrogen-bond acceptors (Lipinski definition) is 6. The molecule has 196 valence electrons. The summed E-state index contributed by atoms with van der Waals surface area (Å²) in [5.41, 5.74) is 3.38. The second-order valence-electron chi connectivity index (χ2n) is 9.94. The number of carbonyl (C=O) groups is 1. The van der Waals surface area contributed by atoms with Crippen molar-refractivity contribution in [2.45, 2.75) is 37.8 Å². The van der Waals surface area contributed by atoms with E-state index in [-0.39, 0.29) is 23.8 Å². The third kappa shape index (κ3) is 4.01. The van der Waals surface area contributed by atoms with E-state index in [1.165, 1.54) is 24.5 Å². The molecule has 5 aromatic rings. The minimum Gasteiger partial charge on any atom is -0.367 e. The van der Waals surface area contributed by atoms with Gasteiger partial charge in [-0.2, -0.15) is 5.10 Å². The van der Waals surface area contributed by atoms with Crippen LogP contribution in [0.15, 0.2) is 61.1 Å². The number of nitrogens with one attached hydrogen (secondary N) is 2. The van der Waals surface area contributed by atoms with E-state index in [4.69, 9.17) is 4.98 Å². The number of carbonyl (C=O) groups excluding carboxylic acids is 1. The third-order valence-electron chi connectivity index (χ3n) is 7.67. The summed E-state index contributed by atoms with van der Waals surface area (Å²) in [6, 6.07) is 12.6. The van der Waals surface area contributed by atoms with Gasteiger partial charge in [-0.25, -0.2) is 18.7 Å². The van der Waals surface area contributed by atoms with Crippen LogP contribution in [0.4, 0.5) is 14.5 Å². The molecule has 1 fully saturated rings. The minimum absolute atomic E-state index is 0.0625. The Hall–Kier alpha value is -4.67. The fraction of sp³-hybridized carbons (Fsp3) is 0.250. The summed E-state index contributed by atoms with van der Waals surface area (Å²) in [5, 5.41) is 10.1. The molecule has 3 aromatic heterocycles. The zero-order valence-corrected chi connectivity index (χ0v) is 20.8. The van der Waals surface area contributed by atoms with Crippen molar-refractivity contribution in [3.05, 3.63) is 78.3 Å². The minimum atomic E-state index is -0.442. The predicted octanol–water partition coefficient (Wildman–Crippen LogP) is 5.17. The molecule has 11 heteroatoms. The summed E-state index contributed by atoms with van der Waals surface area (Å²) in [6.07, 6.45) is 6.31. The summed E-state index contributed by atoms with van der Waals surface area (Å²) < 4.78 is 31.1. The van der Waals surface area contributed by atoms with Gasteiger partial charge in [-0.05, 0) is 62.1 Å². The molecule has 0 saturated heterocycles. The molecule has 2 atom stereocenters. The normalized spacial score (nSPS) is 19.2. The van der Waals surface area contributed by atoms with E-state index in [0.717, 1.165) is 24.8 Å². The molecular formula is C28H24F2N8O. The molecule has 0 unspecified atom stereocenters. The van der Waals surface area contributed by atoms with Crippen LogP contribution in [0.2, 0.25) is 0 Å². The summed E-state index contributed by atoms with van der Waals surface area (Å²) >= 11 is 0. The van der Waals surface area contributed by atoms with Crippen molar-refractivity contribution in [3.63, 3.8) is 0 Å². The molecule has 1 aliphatic carbocycles. The summed E-state index contributed by atoms with van der Waals surface area (Å²) in [4.78, 5) is 28.7. The Labute approximate surface area is 221 Å². The third-order valence-corrected chi connectivity index (χ3v) is 7.67. The number of fused-ring (bicyclic) bond motifs is 2. The van der Waals surface area contributed by atoms with Crippen LogP contribution in [-0.2, 0) is 0 Å². The van der Waals surface area contributed by atoms with Crippen molar-refractivity contribution < 1.29 is 13.6 Å². The standard InChI is InChI=1S/C28H24F2N8O/c29-16-8-9-22-20(10-16)28(39)37(15-33-22)17-4-3-5-18(11-17)38-25-12-23(26-32-14-34-36-26)31-13-24(25)35-27(38)19-6-1-2-7-21(19)30/h1-2,6-10,12-14,17-18,33H,3-5,11,15H2,(H,32,34,36)/t17-,18+/m0/s1. The number of anilines is 1. The number of rotatable bonds is 4. The first-order valence-corrected chi connectivity index (χ1v) is 12.9. The number of H-pyrrole nitrogens is 1. The van der Waals surface area contributed by atoms with Gasteiger partial charge in [-0.1, -0.05) is 12.1 Å². The molecule has 39 heavy (non-hydrogen) atoms. The van der Waals surface area contributed by atoms with Crippen LogP contribution in [0.1, 0.15) is 42.1 Å². The Morgan fingerprint density at radius 2 is 1.85 bits per heavy atom. The van der Waals surface area contributed by atoms with Gasteiger partial charge in [0.15, 0.2) is 5.82 Å². The molecule has 1 aliphatic heterocycles. The maximum Gasteiger partial charge on any atom is 0.257 e. The fourth-order valence-corrected chi connectivity index (χ4v) is 5.85. The van der Waals surface area contributed by atoms with Crippen molar-refractivity contribution in [2.24, 2.45) is 0 Å². The molecule has 0 radical (unpaired) electrons. The maximum absolute atomic E-state index is 15.1. The quantitative estimate of drug-likeness (QED) is 0.335. The summed E-state index contributed by atoms with van der Waals surface area (Å²) in [7, 11) is 0. The second-order valence-corrected chi connectivity index (χ2v) is 9.94. The second kappa shape index (κ2) is 9.26. The molecule has 1 amide bonds. The number of imidazole rings is 1. The number of benzene rings is 2. The molecule has 4 heterocycles. The van der Waals surface area contributed by atoms with E-state index >= 15 is 4.39 Å². The van der Waals surface area contributed by atoms with E-state index in [1.807, 2.05) is 6.07 Å². The summed E-state index contributed by atoms with van der Waals surface area (Å²) in [6.45, 7) is 0.346. The number of pyridine rings is 1. The van der Waals surface area contributed by atoms with Crippen molar-refractivity contribution in [1.82, 2.24) is 34.6 Å². The number of hydrogen-bond donors (Lipinski definition) is 2. The predicted molar refractivity (Wildman–Crippen MR) is 141 cm³/mol. The van der Waals surface area contributed by atoms with Gasteiger partial charge in [0.1, 0.15) is 35.0 Å². The highest BCUT2D eigenvalue weighted by Gasteiger charge is 2.35. The van der Waals surface area contributed by atoms with Gasteiger partial charge < -0.3 is 14.8 Å². The van der Waals surface area contributed by atoms with Crippen molar-refractivity contribution >= 4 is 22.6 Å². The van der Waals surface area contributed by atoms with Crippen LogP contribution in [0, 0.1) is 11.6 Å². The Morgan fingerprint density at radius 3 is 2.69 bits per heavy atom. The van der Waals surface area contributed by atoms with E-state index in [0.29, 0.717) is 52.8 Å². The van der Waals surface area contributed by atoms with Crippen LogP contribution in [0.25, 0.3) is 33.9 Å². The fourth-order valence-electron chi connectivity index (χ4n) is 5.85. The van der Waals surface area contributed by atoms with Gasteiger partial charge >= 0.3 is 0 Å². The molecular weight excluding hydrogens is 502 g/mol. The lowest BCUT2D eigenvalue weighted by Crippen LogP contribution is -2.48. The van der Waals surface area contributed by atoms with Crippen molar-refractivity contribution in [2.75, 3.05) is 12.0 Å². The molecule has 0 spiro atoms. The largest absolute Gasteiger partial charge is 0.367 e. The molecule has 9 nitrogen and oxygen atoms in total.